The Hall–Kier alpha value is -0.800. The van der Waals surface area contributed by atoms with Gasteiger partial charge >= 0.3 is 0 Å². The van der Waals surface area contributed by atoms with Gasteiger partial charge in [0.15, 0.2) is 0 Å². The number of hydrogen-bond acceptors (Lipinski definition) is 3. The van der Waals surface area contributed by atoms with Crippen LogP contribution in [0.5, 0.6) is 0 Å². The van der Waals surface area contributed by atoms with Gasteiger partial charge in [-0.3, -0.25) is 4.90 Å². The van der Waals surface area contributed by atoms with E-state index in [1.807, 2.05) is 0 Å². The molecular weight excluding hydrogens is 222 g/mol. The van der Waals surface area contributed by atoms with Gasteiger partial charge in [-0.2, -0.15) is 0 Å². The predicted molar refractivity (Wildman–Crippen MR) is 76.8 cm³/mol. The van der Waals surface area contributed by atoms with Crippen molar-refractivity contribution in [1.29, 1.82) is 0 Å². The fourth-order valence-corrected chi connectivity index (χ4v) is 2.90. The quantitative estimate of drug-likeness (QED) is 0.780. The summed E-state index contributed by atoms with van der Waals surface area (Å²) in [4.78, 5) is 2.39. The average molecular weight is 249 g/mol. The van der Waals surface area contributed by atoms with Crippen LogP contribution in [0, 0.1) is 5.92 Å². The Kier molecular flexibility index (Phi) is 3.83. The SMILES string of the molecule is C/C=C(\C=C1\CN(C)CC2(CC2)N1N)CC(C)C. The second kappa shape index (κ2) is 5.06. The first-order chi connectivity index (χ1) is 8.47. The molecule has 102 valence electrons. The summed E-state index contributed by atoms with van der Waals surface area (Å²) < 4.78 is 0. The van der Waals surface area contributed by atoms with Gasteiger partial charge in [0.1, 0.15) is 0 Å². The van der Waals surface area contributed by atoms with E-state index in [1.165, 1.54) is 24.1 Å². The van der Waals surface area contributed by atoms with E-state index in [0.717, 1.165) is 19.5 Å². The van der Waals surface area contributed by atoms with E-state index in [2.05, 4.69) is 49.9 Å². The van der Waals surface area contributed by atoms with Crippen LogP contribution in [0.25, 0.3) is 0 Å². The van der Waals surface area contributed by atoms with Crippen molar-refractivity contribution in [3.8, 4) is 0 Å². The Labute approximate surface area is 111 Å². The van der Waals surface area contributed by atoms with Gasteiger partial charge in [0.2, 0.25) is 0 Å². The zero-order valence-corrected chi connectivity index (χ0v) is 12.2. The monoisotopic (exact) mass is 249 g/mol. The zero-order chi connectivity index (χ0) is 13.3. The summed E-state index contributed by atoms with van der Waals surface area (Å²) in [6.07, 6.45) is 8.12. The van der Waals surface area contributed by atoms with Crippen LogP contribution >= 0.6 is 0 Å². The second-order valence-corrected chi connectivity index (χ2v) is 6.36. The third-order valence-corrected chi connectivity index (χ3v) is 4.01. The highest BCUT2D eigenvalue weighted by atomic mass is 15.5. The van der Waals surface area contributed by atoms with E-state index in [-0.39, 0.29) is 5.54 Å². The lowest BCUT2D eigenvalue weighted by molar-refractivity contribution is 0.118. The molecule has 2 fully saturated rings. The van der Waals surface area contributed by atoms with Crippen LogP contribution in [0.4, 0.5) is 0 Å². The van der Waals surface area contributed by atoms with Crippen LogP contribution in [-0.4, -0.2) is 35.6 Å². The van der Waals surface area contributed by atoms with E-state index in [1.54, 1.807) is 0 Å². The topological polar surface area (TPSA) is 32.5 Å². The molecule has 2 rings (SSSR count). The summed E-state index contributed by atoms with van der Waals surface area (Å²) in [6.45, 7) is 8.72. The third kappa shape index (κ3) is 2.78. The first-order valence-corrected chi connectivity index (χ1v) is 7.06. The zero-order valence-electron chi connectivity index (χ0n) is 12.2. The minimum absolute atomic E-state index is 0.246. The minimum atomic E-state index is 0.246. The lowest BCUT2D eigenvalue weighted by atomic mass is 10.0. The molecule has 1 aliphatic carbocycles. The Morgan fingerprint density at radius 1 is 1.44 bits per heavy atom. The number of nitrogens with zero attached hydrogens (tertiary/aromatic N) is 2. The fraction of sp³-hybridized carbons (Fsp3) is 0.733. The van der Waals surface area contributed by atoms with E-state index in [4.69, 9.17) is 5.84 Å². The van der Waals surface area contributed by atoms with Crippen LogP contribution in [0.15, 0.2) is 23.4 Å². The molecule has 0 atom stereocenters. The van der Waals surface area contributed by atoms with Crippen LogP contribution in [-0.2, 0) is 0 Å². The molecule has 0 radical (unpaired) electrons. The Morgan fingerprint density at radius 3 is 2.61 bits per heavy atom. The third-order valence-electron chi connectivity index (χ3n) is 4.01. The van der Waals surface area contributed by atoms with Gasteiger partial charge in [0, 0.05) is 18.8 Å². The molecular formula is C15H27N3. The lowest BCUT2D eigenvalue weighted by Gasteiger charge is -2.41. The molecule has 0 bridgehead atoms. The molecule has 0 aromatic rings. The van der Waals surface area contributed by atoms with Crippen molar-refractivity contribution in [2.75, 3.05) is 20.1 Å². The number of allylic oxidation sites excluding steroid dienone is 3. The summed E-state index contributed by atoms with van der Waals surface area (Å²) in [6, 6.07) is 0. The molecule has 3 nitrogen and oxygen atoms in total. The number of piperazine rings is 1. The number of rotatable bonds is 3. The van der Waals surface area contributed by atoms with Crippen LogP contribution in [0.1, 0.15) is 40.0 Å². The molecule has 1 heterocycles. The molecule has 1 aliphatic heterocycles. The molecule has 1 saturated carbocycles. The second-order valence-electron chi connectivity index (χ2n) is 6.36. The number of hydrogen-bond donors (Lipinski definition) is 1. The Bertz CT molecular complexity index is 364. The van der Waals surface area contributed by atoms with Crippen molar-refractivity contribution < 1.29 is 0 Å². The van der Waals surface area contributed by atoms with Gasteiger partial charge in [-0.1, -0.05) is 25.5 Å². The summed E-state index contributed by atoms with van der Waals surface area (Å²) >= 11 is 0. The molecule has 2 aliphatic rings. The Balaban J connectivity index is 2.15. The smallest absolute Gasteiger partial charge is 0.0686 e. The van der Waals surface area contributed by atoms with Crippen LogP contribution in [0.3, 0.4) is 0 Å². The van der Waals surface area contributed by atoms with Crippen molar-refractivity contribution in [2.45, 2.75) is 45.6 Å². The highest BCUT2D eigenvalue weighted by molar-refractivity contribution is 5.28. The molecule has 0 unspecified atom stereocenters. The van der Waals surface area contributed by atoms with E-state index >= 15 is 0 Å². The van der Waals surface area contributed by atoms with Gasteiger partial charge < -0.3 is 5.01 Å². The largest absolute Gasteiger partial charge is 0.306 e. The molecule has 0 aromatic heterocycles. The summed E-state index contributed by atoms with van der Waals surface area (Å²) in [7, 11) is 2.19. The first-order valence-electron chi connectivity index (χ1n) is 7.06. The average Bonchev–Trinajstić information content (AvgIpc) is 3.04. The van der Waals surface area contributed by atoms with Crippen LogP contribution in [0.2, 0.25) is 0 Å². The van der Waals surface area contributed by atoms with Crippen molar-refractivity contribution in [2.24, 2.45) is 11.8 Å². The summed E-state index contributed by atoms with van der Waals surface area (Å²) in [5, 5.41) is 2.05. The molecule has 2 N–H and O–H groups in total. The van der Waals surface area contributed by atoms with Crippen molar-refractivity contribution in [1.82, 2.24) is 9.91 Å². The molecule has 1 spiro atoms. The molecule has 1 saturated heterocycles. The maximum atomic E-state index is 6.33. The Morgan fingerprint density at radius 2 is 2.11 bits per heavy atom. The van der Waals surface area contributed by atoms with Crippen molar-refractivity contribution in [3.63, 3.8) is 0 Å². The molecule has 0 aromatic carbocycles. The predicted octanol–water partition coefficient (Wildman–Crippen LogP) is 2.52. The number of hydrazine groups is 1. The van der Waals surface area contributed by atoms with Gasteiger partial charge in [0.05, 0.1) is 5.54 Å². The fourth-order valence-electron chi connectivity index (χ4n) is 2.90. The maximum Gasteiger partial charge on any atom is 0.0686 e. The molecule has 3 heteroatoms. The maximum absolute atomic E-state index is 6.33. The highest BCUT2D eigenvalue weighted by Crippen LogP contribution is 2.44. The van der Waals surface area contributed by atoms with Gasteiger partial charge in [-0.05, 0) is 45.2 Å². The number of likely N-dealkylation sites (N-methyl/N-ethyl adjacent to an activating group) is 1. The van der Waals surface area contributed by atoms with Gasteiger partial charge in [-0.25, -0.2) is 5.84 Å². The van der Waals surface area contributed by atoms with Crippen molar-refractivity contribution in [3.05, 3.63) is 23.4 Å². The normalized spacial score (nSPS) is 26.4. The van der Waals surface area contributed by atoms with E-state index < -0.39 is 0 Å². The van der Waals surface area contributed by atoms with E-state index in [0.29, 0.717) is 5.92 Å². The highest BCUT2D eigenvalue weighted by Gasteiger charge is 2.51. The first kappa shape index (κ1) is 13.6. The van der Waals surface area contributed by atoms with Gasteiger partial charge in [-0.15, -0.1) is 0 Å². The summed E-state index contributed by atoms with van der Waals surface area (Å²) in [5.74, 6) is 7.02. The minimum Gasteiger partial charge on any atom is -0.306 e. The van der Waals surface area contributed by atoms with Crippen molar-refractivity contribution >= 4 is 0 Å². The molecule has 18 heavy (non-hydrogen) atoms. The van der Waals surface area contributed by atoms with E-state index in [9.17, 15) is 0 Å². The lowest BCUT2D eigenvalue weighted by Crippen LogP contribution is -2.55. The number of nitrogens with two attached hydrogens (primary N) is 1. The summed E-state index contributed by atoms with van der Waals surface area (Å²) in [5.41, 5.74) is 2.92. The molecule has 0 amide bonds. The van der Waals surface area contributed by atoms with Crippen LogP contribution < -0.4 is 5.84 Å². The standard InChI is InChI=1S/C15H27N3/c1-5-13(8-12(2)3)9-14-10-17(4)11-15(6-7-15)18(14)16/h5,9,12H,6-8,10-11,16H2,1-4H3/b13-5-,14-9-. The van der Waals surface area contributed by atoms with Gasteiger partial charge in [0.25, 0.3) is 0 Å².